The highest BCUT2D eigenvalue weighted by molar-refractivity contribution is 6.34. The summed E-state index contributed by atoms with van der Waals surface area (Å²) in [5.74, 6) is -0.374. The lowest BCUT2D eigenvalue weighted by atomic mass is 9.95. The third-order valence-electron chi connectivity index (χ3n) is 6.00. The van der Waals surface area contributed by atoms with Gasteiger partial charge in [-0.25, -0.2) is 0 Å². The molecule has 34 heavy (non-hydrogen) atoms. The standard InChI is InChI=1S/C26H31ClN4O3/c1-26(2,3)25(33)28-14-17-10-11-21(27)19(13-17)24(32)30-22-8-6-9-23-20(22)15-29-31(23)16-18-7-4-5-12-34-18/h6,8-11,13,15,18H,4-5,7,12,14,16H2,1-3H3,(H,28,33)(H,30,32). The van der Waals surface area contributed by atoms with Crippen LogP contribution in [0.3, 0.4) is 0 Å². The van der Waals surface area contributed by atoms with E-state index < -0.39 is 5.41 Å². The van der Waals surface area contributed by atoms with Crippen molar-refractivity contribution in [2.75, 3.05) is 11.9 Å². The van der Waals surface area contributed by atoms with Crippen LogP contribution in [0.5, 0.6) is 0 Å². The van der Waals surface area contributed by atoms with Crippen LogP contribution in [-0.4, -0.2) is 34.3 Å². The molecule has 1 atom stereocenters. The largest absolute Gasteiger partial charge is 0.376 e. The van der Waals surface area contributed by atoms with Gasteiger partial charge in [-0.3, -0.25) is 14.3 Å². The molecule has 1 saturated heterocycles. The molecular formula is C26H31ClN4O3. The van der Waals surface area contributed by atoms with Crippen molar-refractivity contribution in [3.05, 3.63) is 58.7 Å². The van der Waals surface area contributed by atoms with E-state index in [-0.39, 0.29) is 17.9 Å². The average Bonchev–Trinajstić information content (AvgIpc) is 3.22. The van der Waals surface area contributed by atoms with Crippen LogP contribution in [0, 0.1) is 5.41 Å². The smallest absolute Gasteiger partial charge is 0.257 e. The third-order valence-corrected chi connectivity index (χ3v) is 6.33. The number of ether oxygens (including phenoxy) is 1. The molecule has 7 nitrogen and oxygen atoms in total. The summed E-state index contributed by atoms with van der Waals surface area (Å²) in [6.07, 6.45) is 5.25. The van der Waals surface area contributed by atoms with Crippen LogP contribution >= 0.6 is 11.6 Å². The van der Waals surface area contributed by atoms with Crippen molar-refractivity contribution in [2.24, 2.45) is 5.41 Å². The van der Waals surface area contributed by atoms with Gasteiger partial charge in [-0.05, 0) is 49.1 Å². The lowest BCUT2D eigenvalue weighted by Crippen LogP contribution is -2.34. The van der Waals surface area contributed by atoms with Crippen molar-refractivity contribution in [3.8, 4) is 0 Å². The van der Waals surface area contributed by atoms with E-state index in [4.69, 9.17) is 16.3 Å². The molecule has 0 radical (unpaired) electrons. The number of hydrogen-bond acceptors (Lipinski definition) is 4. The van der Waals surface area contributed by atoms with Gasteiger partial charge in [-0.1, -0.05) is 44.5 Å². The zero-order valence-electron chi connectivity index (χ0n) is 19.9. The number of hydrogen-bond donors (Lipinski definition) is 2. The molecule has 1 aliphatic rings. The fraction of sp³-hybridized carbons (Fsp3) is 0.423. The molecule has 180 valence electrons. The molecule has 2 amide bonds. The van der Waals surface area contributed by atoms with E-state index >= 15 is 0 Å². The second-order valence-electron chi connectivity index (χ2n) is 9.75. The van der Waals surface area contributed by atoms with E-state index in [1.54, 1.807) is 24.4 Å². The second-order valence-corrected chi connectivity index (χ2v) is 10.2. The molecule has 1 aliphatic heterocycles. The number of rotatable bonds is 6. The van der Waals surface area contributed by atoms with Gasteiger partial charge < -0.3 is 15.4 Å². The Morgan fingerprint density at radius 2 is 2.03 bits per heavy atom. The number of aromatic nitrogens is 2. The minimum Gasteiger partial charge on any atom is -0.376 e. The topological polar surface area (TPSA) is 85.3 Å². The Bertz CT molecular complexity index is 1190. The monoisotopic (exact) mass is 482 g/mol. The summed E-state index contributed by atoms with van der Waals surface area (Å²) < 4.78 is 7.80. The molecule has 1 aromatic heterocycles. The molecule has 0 saturated carbocycles. The van der Waals surface area contributed by atoms with Gasteiger partial charge in [0.25, 0.3) is 5.91 Å². The van der Waals surface area contributed by atoms with Crippen molar-refractivity contribution in [1.29, 1.82) is 0 Å². The summed E-state index contributed by atoms with van der Waals surface area (Å²) in [6, 6.07) is 10.9. The first kappa shape index (κ1) is 24.2. The molecule has 2 heterocycles. The van der Waals surface area contributed by atoms with Gasteiger partial charge in [0.2, 0.25) is 5.91 Å². The number of amides is 2. The van der Waals surface area contributed by atoms with Gasteiger partial charge in [-0.15, -0.1) is 0 Å². The Morgan fingerprint density at radius 1 is 1.21 bits per heavy atom. The van der Waals surface area contributed by atoms with Gasteiger partial charge in [0.05, 0.1) is 40.6 Å². The summed E-state index contributed by atoms with van der Waals surface area (Å²) >= 11 is 6.34. The van der Waals surface area contributed by atoms with Crippen LogP contribution in [0.4, 0.5) is 5.69 Å². The van der Waals surface area contributed by atoms with E-state index in [9.17, 15) is 9.59 Å². The molecule has 0 aliphatic carbocycles. The summed E-state index contributed by atoms with van der Waals surface area (Å²) in [4.78, 5) is 25.3. The van der Waals surface area contributed by atoms with Gasteiger partial charge >= 0.3 is 0 Å². The lowest BCUT2D eigenvalue weighted by molar-refractivity contribution is -0.128. The fourth-order valence-corrected chi connectivity index (χ4v) is 4.20. The highest BCUT2D eigenvalue weighted by atomic mass is 35.5. The minimum absolute atomic E-state index is 0.0595. The molecule has 1 unspecified atom stereocenters. The van der Waals surface area contributed by atoms with Crippen LogP contribution in [-0.2, 0) is 22.6 Å². The summed E-state index contributed by atoms with van der Waals surface area (Å²) in [5.41, 5.74) is 2.27. The first-order valence-electron chi connectivity index (χ1n) is 11.7. The number of carbonyl (C=O) groups excluding carboxylic acids is 2. The van der Waals surface area contributed by atoms with E-state index in [0.717, 1.165) is 35.9 Å². The average molecular weight is 483 g/mol. The third kappa shape index (κ3) is 5.59. The molecule has 3 aromatic rings. The van der Waals surface area contributed by atoms with Gasteiger partial charge in [0.15, 0.2) is 0 Å². The molecule has 0 bridgehead atoms. The Labute approximate surface area is 204 Å². The van der Waals surface area contributed by atoms with E-state index in [1.807, 2.05) is 43.7 Å². The number of halogens is 1. The summed E-state index contributed by atoms with van der Waals surface area (Å²) in [5, 5.41) is 11.6. The van der Waals surface area contributed by atoms with Crippen LogP contribution in [0.15, 0.2) is 42.6 Å². The molecule has 2 N–H and O–H groups in total. The van der Waals surface area contributed by atoms with Crippen LogP contribution in [0.2, 0.25) is 5.02 Å². The maximum absolute atomic E-state index is 13.1. The quantitative estimate of drug-likeness (QED) is 0.507. The molecule has 8 heteroatoms. The Kier molecular flexibility index (Phi) is 7.24. The Hall–Kier alpha value is -2.90. The Balaban J connectivity index is 1.50. The normalized spacial score (nSPS) is 16.4. The molecule has 1 fully saturated rings. The number of fused-ring (bicyclic) bond motifs is 1. The summed E-state index contributed by atoms with van der Waals surface area (Å²) in [6.45, 7) is 7.37. The van der Waals surface area contributed by atoms with Crippen molar-refractivity contribution >= 4 is 40.0 Å². The molecule has 2 aromatic carbocycles. The van der Waals surface area contributed by atoms with Crippen molar-refractivity contribution in [1.82, 2.24) is 15.1 Å². The predicted octanol–water partition coefficient (Wildman–Crippen LogP) is 5.17. The number of carbonyl (C=O) groups is 2. The first-order valence-corrected chi connectivity index (χ1v) is 12.0. The molecule has 0 spiro atoms. The zero-order valence-corrected chi connectivity index (χ0v) is 20.6. The first-order chi connectivity index (χ1) is 16.2. The van der Waals surface area contributed by atoms with E-state index in [0.29, 0.717) is 29.4 Å². The number of nitrogens with one attached hydrogen (secondary N) is 2. The predicted molar refractivity (Wildman–Crippen MR) is 134 cm³/mol. The SMILES string of the molecule is CC(C)(C)C(=O)NCc1ccc(Cl)c(C(=O)Nc2cccc3c2cnn3CC2CCCCO2)c1. The highest BCUT2D eigenvalue weighted by Crippen LogP contribution is 2.26. The van der Waals surface area contributed by atoms with Crippen LogP contribution < -0.4 is 10.6 Å². The second kappa shape index (κ2) is 10.2. The van der Waals surface area contributed by atoms with Crippen molar-refractivity contribution in [2.45, 2.75) is 59.2 Å². The van der Waals surface area contributed by atoms with Crippen LogP contribution in [0.1, 0.15) is 56.0 Å². The Morgan fingerprint density at radius 3 is 2.76 bits per heavy atom. The molecular weight excluding hydrogens is 452 g/mol. The van der Waals surface area contributed by atoms with E-state index in [1.165, 1.54) is 6.42 Å². The maximum Gasteiger partial charge on any atom is 0.257 e. The van der Waals surface area contributed by atoms with Crippen LogP contribution in [0.25, 0.3) is 10.9 Å². The lowest BCUT2D eigenvalue weighted by Gasteiger charge is -2.22. The minimum atomic E-state index is -0.487. The maximum atomic E-state index is 13.1. The highest BCUT2D eigenvalue weighted by Gasteiger charge is 2.21. The number of benzene rings is 2. The number of nitrogens with zero attached hydrogens (tertiary/aromatic N) is 2. The van der Waals surface area contributed by atoms with Gasteiger partial charge in [-0.2, -0.15) is 5.10 Å². The van der Waals surface area contributed by atoms with Crippen molar-refractivity contribution in [3.63, 3.8) is 0 Å². The molecule has 4 rings (SSSR count). The van der Waals surface area contributed by atoms with Crippen molar-refractivity contribution < 1.29 is 14.3 Å². The zero-order chi connectivity index (χ0) is 24.3. The van der Waals surface area contributed by atoms with Gasteiger partial charge in [0.1, 0.15) is 0 Å². The van der Waals surface area contributed by atoms with Gasteiger partial charge in [0, 0.05) is 24.0 Å². The number of anilines is 1. The summed E-state index contributed by atoms with van der Waals surface area (Å²) in [7, 11) is 0. The fourth-order valence-electron chi connectivity index (χ4n) is 4.00. The van der Waals surface area contributed by atoms with E-state index in [2.05, 4.69) is 15.7 Å².